The fraction of sp³-hybridized carbons (Fsp3) is 0.227. The van der Waals surface area contributed by atoms with Gasteiger partial charge in [0.15, 0.2) is 0 Å². The van der Waals surface area contributed by atoms with E-state index in [0.29, 0.717) is 10.9 Å². The number of hydrogen-bond acceptors (Lipinski definition) is 3. The fourth-order valence-electron chi connectivity index (χ4n) is 3.68. The van der Waals surface area contributed by atoms with E-state index in [1.165, 1.54) is 5.69 Å². The van der Waals surface area contributed by atoms with Crippen molar-refractivity contribution >= 4 is 17.8 Å². The summed E-state index contributed by atoms with van der Waals surface area (Å²) < 4.78 is 12.8. The highest BCUT2D eigenvalue weighted by Crippen LogP contribution is 2.47. The number of rotatable bonds is 4. The van der Waals surface area contributed by atoms with Crippen molar-refractivity contribution in [2.24, 2.45) is 0 Å². The molecule has 0 radical (unpaired) electrons. The lowest BCUT2D eigenvalue weighted by molar-refractivity contribution is 0.101. The molecule has 0 saturated carbocycles. The van der Waals surface area contributed by atoms with E-state index < -0.39 is 6.16 Å². The molecule has 2 aromatic carbocycles. The normalized spacial score (nSPS) is 12.7. The molecule has 5 heteroatoms. The Hall–Kier alpha value is -2.72. The Balaban J connectivity index is 1.95. The van der Waals surface area contributed by atoms with Crippen molar-refractivity contribution < 1.29 is 14.3 Å². The van der Waals surface area contributed by atoms with Crippen LogP contribution in [0.5, 0.6) is 5.88 Å². The molecule has 2 heterocycles. The van der Waals surface area contributed by atoms with Gasteiger partial charge in [-0.2, -0.15) is 0 Å². The lowest BCUT2D eigenvalue weighted by Gasteiger charge is -2.11. The smallest absolute Gasteiger partial charge is 0.434 e. The standard InChI is InChI=1S/C22H20ClNO3/c1-2-26-22(25)27-21-20(16-10-12-17(23)13-11-16)19(15-7-4-3-5-8-15)18-9-6-14-24(18)21/h3-5,7-8,10-13H,2,6,9,14H2,1H3. The van der Waals surface area contributed by atoms with Crippen molar-refractivity contribution in [3.63, 3.8) is 0 Å². The molecule has 4 rings (SSSR count). The SMILES string of the molecule is CCOC(=O)Oc1c(-c2ccc(Cl)cc2)c(-c2ccccc2)c2n1CCC2. The van der Waals surface area contributed by atoms with E-state index in [1.807, 2.05) is 42.5 Å². The quantitative estimate of drug-likeness (QED) is 0.524. The maximum Gasteiger partial charge on any atom is 0.515 e. The van der Waals surface area contributed by atoms with Gasteiger partial charge in [-0.3, -0.25) is 0 Å². The van der Waals surface area contributed by atoms with Crippen LogP contribution in [0.3, 0.4) is 0 Å². The van der Waals surface area contributed by atoms with Gasteiger partial charge < -0.3 is 14.0 Å². The summed E-state index contributed by atoms with van der Waals surface area (Å²) in [5.41, 5.74) is 5.26. The summed E-state index contributed by atoms with van der Waals surface area (Å²) in [5, 5.41) is 0.666. The number of benzene rings is 2. The molecule has 0 saturated heterocycles. The number of aromatic nitrogens is 1. The maximum absolute atomic E-state index is 12.1. The summed E-state index contributed by atoms with van der Waals surface area (Å²) in [6.45, 7) is 2.85. The molecule has 0 N–H and O–H groups in total. The van der Waals surface area contributed by atoms with E-state index in [9.17, 15) is 4.79 Å². The minimum atomic E-state index is -0.681. The average Bonchev–Trinajstić information content (AvgIpc) is 3.25. The monoisotopic (exact) mass is 381 g/mol. The van der Waals surface area contributed by atoms with Gasteiger partial charge in [0.25, 0.3) is 0 Å². The number of hydrogen-bond donors (Lipinski definition) is 0. The summed E-state index contributed by atoms with van der Waals surface area (Å²) in [6.07, 6.45) is 1.28. The lowest BCUT2D eigenvalue weighted by Crippen LogP contribution is -2.13. The zero-order valence-electron chi connectivity index (χ0n) is 15.1. The molecule has 138 valence electrons. The Morgan fingerprint density at radius 1 is 1.04 bits per heavy atom. The number of carbonyl (C=O) groups is 1. The average molecular weight is 382 g/mol. The molecule has 0 fully saturated rings. The van der Waals surface area contributed by atoms with E-state index in [4.69, 9.17) is 21.1 Å². The molecule has 1 aliphatic rings. The largest absolute Gasteiger partial charge is 0.515 e. The first-order chi connectivity index (χ1) is 13.2. The molecule has 0 unspecified atom stereocenters. The zero-order valence-corrected chi connectivity index (χ0v) is 15.8. The van der Waals surface area contributed by atoms with Crippen molar-refractivity contribution in [3.05, 3.63) is 65.3 Å². The summed E-state index contributed by atoms with van der Waals surface area (Å²) in [7, 11) is 0. The minimum Gasteiger partial charge on any atom is -0.434 e. The molecule has 0 amide bonds. The third kappa shape index (κ3) is 3.33. The topological polar surface area (TPSA) is 40.5 Å². The van der Waals surface area contributed by atoms with Gasteiger partial charge in [-0.05, 0) is 43.0 Å². The molecule has 3 aromatic rings. The van der Waals surface area contributed by atoms with Crippen LogP contribution in [-0.2, 0) is 17.7 Å². The van der Waals surface area contributed by atoms with Crippen LogP contribution in [0.2, 0.25) is 5.02 Å². The van der Waals surface area contributed by atoms with Gasteiger partial charge in [-0.1, -0.05) is 54.1 Å². The van der Waals surface area contributed by atoms with E-state index in [0.717, 1.165) is 41.6 Å². The molecule has 1 aromatic heterocycles. The second-order valence-electron chi connectivity index (χ2n) is 6.42. The van der Waals surface area contributed by atoms with Gasteiger partial charge in [0.1, 0.15) is 0 Å². The van der Waals surface area contributed by atoms with Crippen molar-refractivity contribution in [2.75, 3.05) is 6.61 Å². The van der Waals surface area contributed by atoms with Gasteiger partial charge >= 0.3 is 6.16 Å². The Bertz CT molecular complexity index is 961. The highest BCUT2D eigenvalue weighted by molar-refractivity contribution is 6.30. The summed E-state index contributed by atoms with van der Waals surface area (Å²) in [6, 6.07) is 17.8. The zero-order chi connectivity index (χ0) is 18.8. The number of nitrogens with zero attached hydrogens (tertiary/aromatic N) is 1. The number of ether oxygens (including phenoxy) is 2. The summed E-state index contributed by atoms with van der Waals surface area (Å²) in [5.74, 6) is 0.544. The first-order valence-electron chi connectivity index (χ1n) is 9.10. The molecular weight excluding hydrogens is 362 g/mol. The van der Waals surface area contributed by atoms with Crippen molar-refractivity contribution in [3.8, 4) is 28.1 Å². The van der Waals surface area contributed by atoms with Crippen LogP contribution < -0.4 is 4.74 Å². The Labute approximate surface area is 163 Å². The molecule has 0 aliphatic carbocycles. The predicted molar refractivity (Wildman–Crippen MR) is 106 cm³/mol. The summed E-state index contributed by atoms with van der Waals surface area (Å²) >= 11 is 6.09. The highest BCUT2D eigenvalue weighted by Gasteiger charge is 2.30. The highest BCUT2D eigenvalue weighted by atomic mass is 35.5. The molecule has 0 bridgehead atoms. The third-order valence-electron chi connectivity index (χ3n) is 4.76. The number of halogens is 1. The van der Waals surface area contributed by atoms with Crippen molar-refractivity contribution in [1.82, 2.24) is 4.57 Å². The molecular formula is C22H20ClNO3. The minimum absolute atomic E-state index is 0.272. The van der Waals surface area contributed by atoms with Gasteiger partial charge in [0, 0.05) is 22.8 Å². The summed E-state index contributed by atoms with van der Waals surface area (Å²) in [4.78, 5) is 12.1. The van der Waals surface area contributed by atoms with Gasteiger partial charge in [0.05, 0.1) is 12.2 Å². The van der Waals surface area contributed by atoms with Crippen LogP contribution >= 0.6 is 11.6 Å². The fourth-order valence-corrected chi connectivity index (χ4v) is 3.80. The van der Waals surface area contributed by atoms with Gasteiger partial charge in [-0.15, -0.1) is 0 Å². The van der Waals surface area contributed by atoms with Crippen LogP contribution in [0.25, 0.3) is 22.3 Å². The lowest BCUT2D eigenvalue weighted by atomic mass is 9.95. The second-order valence-corrected chi connectivity index (χ2v) is 6.85. The van der Waals surface area contributed by atoms with Crippen LogP contribution in [0.15, 0.2) is 54.6 Å². The molecule has 0 spiro atoms. The van der Waals surface area contributed by atoms with Crippen LogP contribution in [-0.4, -0.2) is 17.3 Å². The molecule has 4 nitrogen and oxygen atoms in total. The first kappa shape index (κ1) is 17.7. The van der Waals surface area contributed by atoms with Gasteiger partial charge in [0.2, 0.25) is 5.88 Å². The van der Waals surface area contributed by atoms with E-state index in [-0.39, 0.29) is 6.61 Å². The van der Waals surface area contributed by atoms with Crippen LogP contribution in [0.4, 0.5) is 4.79 Å². The Morgan fingerprint density at radius 3 is 2.44 bits per heavy atom. The van der Waals surface area contributed by atoms with E-state index >= 15 is 0 Å². The third-order valence-corrected chi connectivity index (χ3v) is 5.01. The number of fused-ring (bicyclic) bond motifs is 1. The molecule has 0 atom stereocenters. The van der Waals surface area contributed by atoms with E-state index in [2.05, 4.69) is 16.7 Å². The molecule has 27 heavy (non-hydrogen) atoms. The molecule has 1 aliphatic heterocycles. The maximum atomic E-state index is 12.1. The van der Waals surface area contributed by atoms with Crippen LogP contribution in [0.1, 0.15) is 19.0 Å². The van der Waals surface area contributed by atoms with Gasteiger partial charge in [-0.25, -0.2) is 4.79 Å². The van der Waals surface area contributed by atoms with Crippen molar-refractivity contribution in [1.29, 1.82) is 0 Å². The predicted octanol–water partition coefficient (Wildman–Crippen LogP) is 5.96. The Kier molecular flexibility index (Phi) is 4.90. The second kappa shape index (κ2) is 7.49. The van der Waals surface area contributed by atoms with Crippen LogP contribution in [0, 0.1) is 0 Å². The Morgan fingerprint density at radius 2 is 1.74 bits per heavy atom. The number of carbonyl (C=O) groups excluding carboxylic acids is 1. The first-order valence-corrected chi connectivity index (χ1v) is 9.48. The van der Waals surface area contributed by atoms with Crippen molar-refractivity contribution in [2.45, 2.75) is 26.3 Å². The van der Waals surface area contributed by atoms with E-state index in [1.54, 1.807) is 6.92 Å².